The number of nitrogens with zero attached hydrogens (tertiary/aromatic N) is 1. The highest BCUT2D eigenvalue weighted by molar-refractivity contribution is 7.81. The van der Waals surface area contributed by atoms with E-state index in [4.69, 9.17) is 21.7 Å². The molecule has 0 aromatic heterocycles. The van der Waals surface area contributed by atoms with Crippen LogP contribution in [0.5, 0.6) is 11.5 Å². The minimum Gasteiger partial charge on any atom is -0.497 e. The first-order valence-electron chi connectivity index (χ1n) is 6.32. The van der Waals surface area contributed by atoms with Crippen molar-refractivity contribution in [2.45, 2.75) is 0 Å². The first kappa shape index (κ1) is 15.7. The molecule has 0 aliphatic heterocycles. The van der Waals surface area contributed by atoms with Gasteiger partial charge >= 0.3 is 0 Å². The molecule has 6 nitrogen and oxygen atoms in total. The number of non-ortho nitro benzene ring substituents is 1. The number of methoxy groups -OCH3 is 2. The Morgan fingerprint density at radius 3 is 2.09 bits per heavy atom. The molecule has 2 aromatic rings. The number of ether oxygens (including phenoxy) is 2. The van der Waals surface area contributed by atoms with Gasteiger partial charge in [0.15, 0.2) is 0 Å². The maximum Gasteiger partial charge on any atom is 0.269 e. The van der Waals surface area contributed by atoms with Crippen LogP contribution >= 0.6 is 12.2 Å². The van der Waals surface area contributed by atoms with Crippen LogP contribution in [0.25, 0.3) is 0 Å². The van der Waals surface area contributed by atoms with E-state index in [1.165, 1.54) is 12.1 Å². The van der Waals surface area contributed by atoms with E-state index in [0.717, 1.165) is 0 Å². The second-order valence-corrected chi connectivity index (χ2v) is 4.77. The van der Waals surface area contributed by atoms with Crippen molar-refractivity contribution in [3.8, 4) is 11.5 Å². The van der Waals surface area contributed by atoms with Crippen LogP contribution in [0, 0.1) is 10.1 Å². The summed E-state index contributed by atoms with van der Waals surface area (Å²) in [4.78, 5) is 10.6. The van der Waals surface area contributed by atoms with E-state index >= 15 is 0 Å². The number of thiocarbonyl (C=S) groups is 1. The lowest BCUT2D eigenvalue weighted by atomic mass is 10.2. The fourth-order valence-corrected chi connectivity index (χ4v) is 2.07. The Labute approximate surface area is 132 Å². The number of nitro benzene ring substituents is 1. The molecule has 2 aromatic carbocycles. The summed E-state index contributed by atoms with van der Waals surface area (Å²) in [5.41, 5.74) is 1.41. The molecule has 0 spiro atoms. The van der Waals surface area contributed by atoms with Crippen LogP contribution in [0.1, 0.15) is 5.56 Å². The van der Waals surface area contributed by atoms with Gasteiger partial charge in [0.1, 0.15) is 16.5 Å². The zero-order valence-electron chi connectivity index (χ0n) is 12.0. The summed E-state index contributed by atoms with van der Waals surface area (Å²) in [7, 11) is 3.13. The second kappa shape index (κ2) is 6.86. The normalized spacial score (nSPS) is 9.91. The molecular weight excluding hydrogens is 304 g/mol. The molecule has 1 N–H and O–H groups in total. The minimum atomic E-state index is -0.451. The van der Waals surface area contributed by atoms with Crippen LogP contribution in [-0.4, -0.2) is 24.1 Å². The van der Waals surface area contributed by atoms with Crippen LogP contribution in [-0.2, 0) is 0 Å². The zero-order chi connectivity index (χ0) is 16.1. The van der Waals surface area contributed by atoms with Crippen molar-refractivity contribution in [2.75, 3.05) is 19.5 Å². The average molecular weight is 318 g/mol. The van der Waals surface area contributed by atoms with Gasteiger partial charge in [-0.2, -0.15) is 0 Å². The number of rotatable bonds is 5. The third-order valence-corrected chi connectivity index (χ3v) is 3.29. The quantitative estimate of drug-likeness (QED) is 0.517. The molecule has 22 heavy (non-hydrogen) atoms. The molecule has 0 saturated heterocycles. The standard InChI is InChI=1S/C15H14N2O4S/c1-20-13-7-11(8-14(9-13)21-2)16-15(22)10-3-5-12(6-4-10)17(18)19/h3-9H,1-2H3,(H,16,22). The van der Waals surface area contributed by atoms with Crippen molar-refractivity contribution in [1.29, 1.82) is 0 Å². The average Bonchev–Trinajstić information content (AvgIpc) is 2.54. The van der Waals surface area contributed by atoms with Crippen LogP contribution in [0.15, 0.2) is 42.5 Å². The first-order valence-corrected chi connectivity index (χ1v) is 6.73. The maximum absolute atomic E-state index is 10.6. The Hall–Kier alpha value is -2.67. The van der Waals surface area contributed by atoms with Gasteiger partial charge in [-0.05, 0) is 12.1 Å². The monoisotopic (exact) mass is 318 g/mol. The molecule has 0 fully saturated rings. The molecule has 0 bridgehead atoms. The topological polar surface area (TPSA) is 73.6 Å². The predicted octanol–water partition coefficient (Wildman–Crippen LogP) is 3.40. The summed E-state index contributed by atoms with van der Waals surface area (Å²) in [5.74, 6) is 1.27. The van der Waals surface area contributed by atoms with E-state index in [0.29, 0.717) is 27.7 Å². The van der Waals surface area contributed by atoms with Gasteiger partial charge in [0.05, 0.1) is 19.1 Å². The molecule has 114 valence electrons. The molecule has 0 unspecified atom stereocenters. The smallest absolute Gasteiger partial charge is 0.269 e. The fraction of sp³-hybridized carbons (Fsp3) is 0.133. The van der Waals surface area contributed by atoms with Gasteiger partial charge in [0.2, 0.25) is 0 Å². The summed E-state index contributed by atoms with van der Waals surface area (Å²) >= 11 is 5.31. The molecule has 7 heteroatoms. The molecule has 0 atom stereocenters. The van der Waals surface area contributed by atoms with E-state index in [1.807, 2.05) is 0 Å². The maximum atomic E-state index is 10.6. The van der Waals surface area contributed by atoms with Gasteiger partial charge in [-0.25, -0.2) is 0 Å². The molecule has 0 radical (unpaired) electrons. The van der Waals surface area contributed by atoms with Crippen molar-refractivity contribution >= 4 is 28.6 Å². The summed E-state index contributed by atoms with van der Waals surface area (Å²) in [6, 6.07) is 11.3. The van der Waals surface area contributed by atoms with Gasteiger partial charge < -0.3 is 14.8 Å². The fourth-order valence-electron chi connectivity index (χ4n) is 1.82. The summed E-state index contributed by atoms with van der Waals surface area (Å²) in [5, 5.41) is 13.7. The Balaban J connectivity index is 2.19. The Kier molecular flexibility index (Phi) is 4.90. The van der Waals surface area contributed by atoms with Crippen molar-refractivity contribution in [2.24, 2.45) is 0 Å². The van der Waals surface area contributed by atoms with E-state index in [1.54, 1.807) is 44.6 Å². The van der Waals surface area contributed by atoms with Crippen molar-refractivity contribution in [3.05, 3.63) is 58.1 Å². The number of anilines is 1. The lowest BCUT2D eigenvalue weighted by molar-refractivity contribution is -0.384. The molecule has 0 saturated carbocycles. The van der Waals surface area contributed by atoms with Crippen LogP contribution in [0.3, 0.4) is 0 Å². The predicted molar refractivity (Wildman–Crippen MR) is 88.0 cm³/mol. The number of hydrogen-bond acceptors (Lipinski definition) is 5. The first-order chi connectivity index (χ1) is 10.5. The number of hydrogen-bond donors (Lipinski definition) is 1. The third kappa shape index (κ3) is 3.70. The molecular formula is C15H14N2O4S. The summed E-state index contributed by atoms with van der Waals surface area (Å²) in [6.07, 6.45) is 0. The molecule has 0 heterocycles. The zero-order valence-corrected chi connectivity index (χ0v) is 12.8. The highest BCUT2D eigenvalue weighted by atomic mass is 32.1. The van der Waals surface area contributed by atoms with Gasteiger partial charge in [-0.1, -0.05) is 12.2 Å². The molecule has 0 aliphatic rings. The van der Waals surface area contributed by atoms with Crippen LogP contribution in [0.2, 0.25) is 0 Å². The number of nitro groups is 1. The Bertz CT molecular complexity index is 679. The van der Waals surface area contributed by atoms with Gasteiger partial charge in [0, 0.05) is 41.6 Å². The lowest BCUT2D eigenvalue weighted by Crippen LogP contribution is -2.10. The lowest BCUT2D eigenvalue weighted by Gasteiger charge is -2.11. The van der Waals surface area contributed by atoms with Crippen LogP contribution in [0.4, 0.5) is 11.4 Å². The number of nitrogens with one attached hydrogen (secondary N) is 1. The van der Waals surface area contributed by atoms with E-state index in [-0.39, 0.29) is 5.69 Å². The van der Waals surface area contributed by atoms with Gasteiger partial charge in [0.25, 0.3) is 5.69 Å². The van der Waals surface area contributed by atoms with Crippen molar-refractivity contribution < 1.29 is 14.4 Å². The highest BCUT2D eigenvalue weighted by Gasteiger charge is 2.08. The van der Waals surface area contributed by atoms with E-state index in [9.17, 15) is 10.1 Å². The molecule has 2 rings (SSSR count). The summed E-state index contributed by atoms with van der Waals surface area (Å²) in [6.45, 7) is 0. The number of benzene rings is 2. The van der Waals surface area contributed by atoms with Crippen molar-refractivity contribution in [3.63, 3.8) is 0 Å². The molecule has 0 aliphatic carbocycles. The molecule has 0 amide bonds. The van der Waals surface area contributed by atoms with Gasteiger partial charge in [-0.15, -0.1) is 0 Å². The Morgan fingerprint density at radius 1 is 1.09 bits per heavy atom. The minimum absolute atomic E-state index is 0.0228. The second-order valence-electron chi connectivity index (χ2n) is 4.36. The van der Waals surface area contributed by atoms with Crippen LogP contribution < -0.4 is 14.8 Å². The van der Waals surface area contributed by atoms with Gasteiger partial charge in [-0.3, -0.25) is 10.1 Å². The summed E-state index contributed by atoms with van der Waals surface area (Å²) < 4.78 is 10.4. The largest absolute Gasteiger partial charge is 0.497 e. The van der Waals surface area contributed by atoms with Crippen molar-refractivity contribution in [1.82, 2.24) is 0 Å². The Morgan fingerprint density at radius 2 is 1.64 bits per heavy atom. The SMILES string of the molecule is COc1cc(NC(=S)c2ccc([N+](=O)[O-])cc2)cc(OC)c1. The highest BCUT2D eigenvalue weighted by Crippen LogP contribution is 2.26. The third-order valence-electron chi connectivity index (χ3n) is 2.95. The van der Waals surface area contributed by atoms with E-state index < -0.39 is 4.92 Å². The van der Waals surface area contributed by atoms with E-state index in [2.05, 4.69) is 5.32 Å².